The van der Waals surface area contributed by atoms with Gasteiger partial charge in [0.25, 0.3) is 0 Å². The number of halogens is 1. The van der Waals surface area contributed by atoms with Gasteiger partial charge in [-0.1, -0.05) is 19.3 Å². The molecule has 1 heterocycles. The topological polar surface area (TPSA) is 75.1 Å². The lowest BCUT2D eigenvalue weighted by Crippen LogP contribution is -2.44. The van der Waals surface area contributed by atoms with Gasteiger partial charge in [-0.05, 0) is 44.9 Å². The number of guanidine groups is 1. The maximum atomic E-state index is 9.30. The van der Waals surface area contributed by atoms with E-state index < -0.39 is 0 Å². The van der Waals surface area contributed by atoms with Gasteiger partial charge in [-0.15, -0.1) is 24.0 Å². The first kappa shape index (κ1) is 24.9. The van der Waals surface area contributed by atoms with Crippen molar-refractivity contribution in [2.75, 3.05) is 46.6 Å². The van der Waals surface area contributed by atoms with Gasteiger partial charge in [0.1, 0.15) is 0 Å². The monoisotopic (exact) mass is 497 g/mol. The molecule has 1 aliphatic heterocycles. The van der Waals surface area contributed by atoms with Crippen LogP contribution in [0.25, 0.3) is 0 Å². The normalized spacial score (nSPS) is 23.9. The molecule has 0 amide bonds. The Labute approximate surface area is 182 Å². The maximum Gasteiger partial charge on any atom is 0.190 e. The SMILES string of the molecule is CN=C(NCCCCCOC1CCCCC1)NCC1(CCO)CCOC1.I. The highest BCUT2D eigenvalue weighted by Crippen LogP contribution is 2.31. The largest absolute Gasteiger partial charge is 0.396 e. The molecular formula is C20H40IN3O3. The van der Waals surface area contributed by atoms with Crippen molar-refractivity contribution in [1.82, 2.24) is 10.6 Å². The summed E-state index contributed by atoms with van der Waals surface area (Å²) in [6.45, 7) is 4.34. The minimum absolute atomic E-state index is 0. The number of aliphatic imine (C=N–C) groups is 1. The number of ether oxygens (including phenoxy) is 2. The lowest BCUT2D eigenvalue weighted by atomic mass is 9.84. The van der Waals surface area contributed by atoms with Gasteiger partial charge in [0.2, 0.25) is 0 Å². The van der Waals surface area contributed by atoms with Crippen molar-refractivity contribution in [2.24, 2.45) is 10.4 Å². The van der Waals surface area contributed by atoms with Gasteiger partial charge in [-0.3, -0.25) is 4.99 Å². The van der Waals surface area contributed by atoms with E-state index >= 15 is 0 Å². The molecule has 160 valence electrons. The van der Waals surface area contributed by atoms with Crippen LogP contribution in [0.15, 0.2) is 4.99 Å². The summed E-state index contributed by atoms with van der Waals surface area (Å²) in [6.07, 6.45) is 12.3. The van der Waals surface area contributed by atoms with Crippen LogP contribution < -0.4 is 10.6 Å². The molecule has 0 spiro atoms. The number of aliphatic hydroxyl groups is 1. The predicted molar refractivity (Wildman–Crippen MR) is 121 cm³/mol. The molecule has 0 radical (unpaired) electrons. The number of hydrogen-bond donors (Lipinski definition) is 3. The minimum Gasteiger partial charge on any atom is -0.396 e. The summed E-state index contributed by atoms with van der Waals surface area (Å²) in [5.41, 5.74) is 0.0445. The van der Waals surface area contributed by atoms with E-state index in [1.165, 1.54) is 38.5 Å². The second-order valence-electron chi connectivity index (χ2n) is 7.82. The smallest absolute Gasteiger partial charge is 0.190 e. The molecule has 0 aromatic carbocycles. The van der Waals surface area contributed by atoms with E-state index in [-0.39, 0.29) is 36.0 Å². The quantitative estimate of drug-likeness (QED) is 0.177. The predicted octanol–water partition coefficient (Wildman–Crippen LogP) is 3.08. The summed E-state index contributed by atoms with van der Waals surface area (Å²) >= 11 is 0. The number of unbranched alkanes of at least 4 members (excludes halogenated alkanes) is 2. The molecule has 1 aliphatic carbocycles. The summed E-state index contributed by atoms with van der Waals surface area (Å²) in [5, 5.41) is 16.1. The molecule has 1 saturated heterocycles. The van der Waals surface area contributed by atoms with E-state index in [0.29, 0.717) is 6.10 Å². The Bertz CT molecular complexity index is 398. The molecule has 0 aromatic heterocycles. The van der Waals surface area contributed by atoms with Crippen LogP contribution in [0, 0.1) is 5.41 Å². The number of nitrogens with one attached hydrogen (secondary N) is 2. The van der Waals surface area contributed by atoms with Crippen molar-refractivity contribution in [2.45, 2.75) is 70.3 Å². The van der Waals surface area contributed by atoms with Gasteiger partial charge in [-0.25, -0.2) is 0 Å². The number of nitrogens with zero attached hydrogens (tertiary/aromatic N) is 1. The Balaban J connectivity index is 0.00000364. The van der Waals surface area contributed by atoms with Crippen molar-refractivity contribution in [1.29, 1.82) is 0 Å². The molecule has 2 rings (SSSR count). The minimum atomic E-state index is 0. The van der Waals surface area contributed by atoms with Crippen LogP contribution in [-0.2, 0) is 9.47 Å². The Kier molecular flexibility index (Phi) is 13.7. The van der Waals surface area contributed by atoms with E-state index in [9.17, 15) is 5.11 Å². The number of aliphatic hydroxyl groups excluding tert-OH is 1. The molecule has 0 bridgehead atoms. The Morgan fingerprint density at radius 3 is 2.67 bits per heavy atom. The molecule has 27 heavy (non-hydrogen) atoms. The van der Waals surface area contributed by atoms with E-state index in [2.05, 4.69) is 15.6 Å². The summed E-state index contributed by atoms with van der Waals surface area (Å²) < 4.78 is 11.5. The standard InChI is InChI=1S/C20H39N3O3.HI/c1-21-19(23-16-20(10-13-24)11-15-25-17-20)22-12-6-3-7-14-26-18-8-4-2-5-9-18;/h18,24H,2-17H2,1H3,(H2,21,22,23);1H. The highest BCUT2D eigenvalue weighted by atomic mass is 127. The second kappa shape index (κ2) is 14.8. The first-order chi connectivity index (χ1) is 12.8. The first-order valence-corrected chi connectivity index (χ1v) is 10.5. The van der Waals surface area contributed by atoms with Crippen LogP contribution in [0.3, 0.4) is 0 Å². The zero-order chi connectivity index (χ0) is 18.5. The number of hydrogen-bond acceptors (Lipinski definition) is 4. The van der Waals surface area contributed by atoms with Crippen molar-refractivity contribution in [3.8, 4) is 0 Å². The van der Waals surface area contributed by atoms with Crippen LogP contribution in [0.5, 0.6) is 0 Å². The Morgan fingerprint density at radius 2 is 2.00 bits per heavy atom. The molecule has 2 aliphatic rings. The molecule has 1 saturated carbocycles. The zero-order valence-electron chi connectivity index (χ0n) is 17.0. The van der Waals surface area contributed by atoms with Crippen molar-refractivity contribution >= 4 is 29.9 Å². The fourth-order valence-electron chi connectivity index (χ4n) is 3.90. The van der Waals surface area contributed by atoms with Gasteiger partial charge in [-0.2, -0.15) is 0 Å². The fourth-order valence-corrected chi connectivity index (χ4v) is 3.90. The van der Waals surface area contributed by atoms with E-state index in [1.54, 1.807) is 7.05 Å². The van der Waals surface area contributed by atoms with Gasteiger partial charge < -0.3 is 25.2 Å². The molecular weight excluding hydrogens is 457 g/mol. The van der Waals surface area contributed by atoms with Crippen LogP contribution >= 0.6 is 24.0 Å². The maximum absolute atomic E-state index is 9.30. The van der Waals surface area contributed by atoms with Crippen LogP contribution in [0.4, 0.5) is 0 Å². The average molecular weight is 497 g/mol. The zero-order valence-corrected chi connectivity index (χ0v) is 19.3. The number of rotatable bonds is 11. The van der Waals surface area contributed by atoms with E-state index in [0.717, 1.165) is 64.6 Å². The van der Waals surface area contributed by atoms with Crippen LogP contribution in [-0.4, -0.2) is 63.7 Å². The van der Waals surface area contributed by atoms with Crippen LogP contribution in [0.1, 0.15) is 64.2 Å². The van der Waals surface area contributed by atoms with Crippen molar-refractivity contribution < 1.29 is 14.6 Å². The molecule has 1 unspecified atom stereocenters. The highest BCUT2D eigenvalue weighted by Gasteiger charge is 2.34. The van der Waals surface area contributed by atoms with Crippen LogP contribution in [0.2, 0.25) is 0 Å². The molecule has 2 fully saturated rings. The summed E-state index contributed by atoms with van der Waals surface area (Å²) in [4.78, 5) is 4.30. The fraction of sp³-hybridized carbons (Fsp3) is 0.950. The molecule has 1 atom stereocenters. The summed E-state index contributed by atoms with van der Waals surface area (Å²) in [5.74, 6) is 0.840. The van der Waals surface area contributed by atoms with Gasteiger partial charge in [0.15, 0.2) is 5.96 Å². The highest BCUT2D eigenvalue weighted by molar-refractivity contribution is 14.0. The van der Waals surface area contributed by atoms with Crippen molar-refractivity contribution in [3.05, 3.63) is 0 Å². The first-order valence-electron chi connectivity index (χ1n) is 10.5. The Hall–Kier alpha value is -0.120. The molecule has 7 heteroatoms. The Morgan fingerprint density at radius 1 is 1.19 bits per heavy atom. The van der Waals surface area contributed by atoms with E-state index in [4.69, 9.17) is 9.47 Å². The molecule has 0 aromatic rings. The van der Waals surface area contributed by atoms with E-state index in [1.807, 2.05) is 0 Å². The van der Waals surface area contributed by atoms with Gasteiger partial charge in [0, 0.05) is 45.4 Å². The summed E-state index contributed by atoms with van der Waals surface area (Å²) in [6, 6.07) is 0. The third-order valence-electron chi connectivity index (χ3n) is 5.70. The van der Waals surface area contributed by atoms with Gasteiger partial charge in [0.05, 0.1) is 12.7 Å². The molecule has 6 nitrogen and oxygen atoms in total. The van der Waals surface area contributed by atoms with Crippen molar-refractivity contribution in [3.63, 3.8) is 0 Å². The third kappa shape index (κ3) is 9.76. The lowest BCUT2D eigenvalue weighted by Gasteiger charge is -2.27. The average Bonchev–Trinajstić information content (AvgIpc) is 3.13. The second-order valence-corrected chi connectivity index (χ2v) is 7.82. The lowest BCUT2D eigenvalue weighted by molar-refractivity contribution is 0.0264. The molecule has 3 N–H and O–H groups in total. The summed E-state index contributed by atoms with van der Waals surface area (Å²) in [7, 11) is 1.80. The third-order valence-corrected chi connectivity index (χ3v) is 5.70. The van der Waals surface area contributed by atoms with Gasteiger partial charge >= 0.3 is 0 Å².